The van der Waals surface area contributed by atoms with Crippen LogP contribution < -0.4 is 16.0 Å². The minimum absolute atomic E-state index is 0.00215. The number of hydrogen-bond donors (Lipinski definition) is 4. The van der Waals surface area contributed by atoms with Crippen molar-refractivity contribution in [2.45, 2.75) is 50.6 Å². The Labute approximate surface area is 241 Å². The Bertz CT molecular complexity index is 1540. The molecule has 2 heterocycles. The maximum Gasteiger partial charge on any atom is 0.335 e. The molecule has 0 bridgehead atoms. The van der Waals surface area contributed by atoms with Crippen LogP contribution in [-0.4, -0.2) is 35.0 Å². The van der Waals surface area contributed by atoms with Gasteiger partial charge in [0.15, 0.2) is 0 Å². The molecule has 2 aliphatic rings. The molecule has 3 aromatic rings. The minimum Gasteiger partial charge on any atom is -0.478 e. The lowest BCUT2D eigenvalue weighted by Gasteiger charge is -2.37. The van der Waals surface area contributed by atoms with Crippen molar-refractivity contribution in [3.63, 3.8) is 0 Å². The fourth-order valence-corrected chi connectivity index (χ4v) is 6.46. The molecule has 0 radical (unpaired) electrons. The monoisotopic (exact) mass is 583 g/mol. The molecule has 2 amide bonds. The highest BCUT2D eigenvalue weighted by Gasteiger charge is 2.66. The van der Waals surface area contributed by atoms with Gasteiger partial charge in [-0.05, 0) is 59.4 Å². The average Bonchev–Trinajstić information content (AvgIpc) is 3.34. The van der Waals surface area contributed by atoms with Crippen molar-refractivity contribution in [2.75, 3.05) is 10.6 Å². The first-order valence-corrected chi connectivity index (χ1v) is 13.5. The maximum atomic E-state index is 15.8. The van der Waals surface area contributed by atoms with Gasteiger partial charge in [0, 0.05) is 28.4 Å². The largest absolute Gasteiger partial charge is 0.478 e. The molecule has 208 valence electrons. The first kappa shape index (κ1) is 28.1. The van der Waals surface area contributed by atoms with Crippen LogP contribution in [0.4, 0.5) is 15.8 Å². The van der Waals surface area contributed by atoms with Gasteiger partial charge in [0.05, 0.1) is 16.6 Å². The second-order valence-corrected chi connectivity index (χ2v) is 12.3. The molecule has 0 saturated carbocycles. The SMILES string of the molecule is CC(C)(C)C[C@@H]1N[C@@H](C(=O)Nc2cccc(C(=O)O)c2)[C@H](c2cccc(Cl)c2F)C12C(=O)Nc1cc(Cl)ccc12. The number of fused-ring (bicyclic) bond motifs is 2. The number of aromatic carboxylic acids is 1. The highest BCUT2D eigenvalue weighted by Crippen LogP contribution is 2.57. The lowest BCUT2D eigenvalue weighted by Crippen LogP contribution is -2.49. The Morgan fingerprint density at radius 3 is 2.50 bits per heavy atom. The van der Waals surface area contributed by atoms with Gasteiger partial charge in [-0.15, -0.1) is 0 Å². The van der Waals surface area contributed by atoms with Crippen LogP contribution >= 0.6 is 23.2 Å². The van der Waals surface area contributed by atoms with E-state index in [1.807, 2.05) is 20.8 Å². The standard InChI is InChI=1S/C30H28Cl2FN3O4/c1-29(2,3)14-22-30(19-11-10-16(31)13-21(19)35-28(30)40)23(18-8-5-9-20(32)24(18)33)25(36-22)26(37)34-17-7-4-6-15(12-17)27(38)39/h4-13,22-23,25,36H,14H2,1-3H3,(H,34,37)(H,35,40)(H,38,39)/t22-,23-,25+,30?/m0/s1. The molecule has 1 fully saturated rings. The summed E-state index contributed by atoms with van der Waals surface area (Å²) in [5.74, 6) is -3.79. The Morgan fingerprint density at radius 1 is 1.07 bits per heavy atom. The first-order chi connectivity index (χ1) is 18.8. The molecule has 10 heteroatoms. The van der Waals surface area contributed by atoms with E-state index < -0.39 is 41.1 Å². The molecule has 1 unspecified atom stereocenters. The van der Waals surface area contributed by atoms with Gasteiger partial charge in [-0.1, -0.05) is 68.2 Å². The number of carboxylic acids is 1. The van der Waals surface area contributed by atoms with E-state index in [9.17, 15) is 19.5 Å². The normalized spacial score (nSPS) is 23.6. The highest BCUT2D eigenvalue weighted by molar-refractivity contribution is 6.31. The molecule has 7 nitrogen and oxygen atoms in total. The summed E-state index contributed by atoms with van der Waals surface area (Å²) in [5.41, 5.74) is -0.181. The Balaban J connectivity index is 1.71. The van der Waals surface area contributed by atoms with E-state index in [4.69, 9.17) is 23.2 Å². The third kappa shape index (κ3) is 4.74. The summed E-state index contributed by atoms with van der Waals surface area (Å²) in [6.07, 6.45) is 0.472. The number of carbonyl (C=O) groups excluding carboxylic acids is 2. The number of hydrogen-bond acceptors (Lipinski definition) is 4. The van der Waals surface area contributed by atoms with Crippen LogP contribution in [0.15, 0.2) is 60.7 Å². The number of carbonyl (C=O) groups is 3. The van der Waals surface area contributed by atoms with Gasteiger partial charge in [0.2, 0.25) is 11.8 Å². The van der Waals surface area contributed by atoms with Crippen LogP contribution in [0.5, 0.6) is 0 Å². The van der Waals surface area contributed by atoms with E-state index in [1.165, 1.54) is 24.3 Å². The van der Waals surface area contributed by atoms with Gasteiger partial charge >= 0.3 is 5.97 Å². The summed E-state index contributed by atoms with van der Waals surface area (Å²) in [6.45, 7) is 6.08. The number of benzene rings is 3. The van der Waals surface area contributed by atoms with Gasteiger partial charge < -0.3 is 21.1 Å². The van der Waals surface area contributed by atoms with E-state index in [2.05, 4.69) is 16.0 Å². The molecule has 0 aliphatic carbocycles. The summed E-state index contributed by atoms with van der Waals surface area (Å²) in [4.78, 5) is 39.6. The average molecular weight is 584 g/mol. The lowest BCUT2D eigenvalue weighted by molar-refractivity contribution is -0.122. The predicted molar refractivity (Wildman–Crippen MR) is 153 cm³/mol. The number of rotatable bonds is 5. The summed E-state index contributed by atoms with van der Waals surface area (Å²) in [7, 11) is 0. The predicted octanol–water partition coefficient (Wildman–Crippen LogP) is 6.22. The topological polar surface area (TPSA) is 108 Å². The summed E-state index contributed by atoms with van der Waals surface area (Å²) in [5, 5.41) is 18.8. The number of halogens is 3. The number of anilines is 2. The van der Waals surface area contributed by atoms with E-state index in [0.717, 1.165) is 0 Å². The zero-order chi connectivity index (χ0) is 29.0. The number of amides is 2. The lowest BCUT2D eigenvalue weighted by atomic mass is 9.62. The van der Waals surface area contributed by atoms with Crippen LogP contribution in [-0.2, 0) is 15.0 Å². The third-order valence-electron chi connectivity index (χ3n) is 7.60. The highest BCUT2D eigenvalue weighted by atomic mass is 35.5. The minimum atomic E-state index is -1.39. The first-order valence-electron chi connectivity index (χ1n) is 12.8. The molecule has 1 saturated heterocycles. The molecule has 5 rings (SSSR count). The van der Waals surface area contributed by atoms with Crippen LogP contribution in [0, 0.1) is 11.2 Å². The second kappa shape index (κ2) is 10.2. The molecular formula is C30H28Cl2FN3O4. The van der Waals surface area contributed by atoms with E-state index in [1.54, 1.807) is 36.4 Å². The fraction of sp³-hybridized carbons (Fsp3) is 0.300. The Hall–Kier alpha value is -3.46. The van der Waals surface area contributed by atoms with Crippen LogP contribution in [0.2, 0.25) is 10.0 Å². The van der Waals surface area contributed by atoms with Crippen LogP contribution in [0.3, 0.4) is 0 Å². The molecule has 4 atom stereocenters. The molecule has 4 N–H and O–H groups in total. The van der Waals surface area contributed by atoms with Crippen molar-refractivity contribution in [2.24, 2.45) is 5.41 Å². The van der Waals surface area contributed by atoms with Crippen molar-refractivity contribution >= 4 is 52.4 Å². The van der Waals surface area contributed by atoms with Gasteiger partial charge in [0.25, 0.3) is 0 Å². The maximum absolute atomic E-state index is 15.8. The molecule has 3 aromatic carbocycles. The second-order valence-electron chi connectivity index (χ2n) is 11.5. The third-order valence-corrected chi connectivity index (χ3v) is 8.13. The summed E-state index contributed by atoms with van der Waals surface area (Å²) in [6, 6.07) is 13.8. The van der Waals surface area contributed by atoms with Gasteiger partial charge in [-0.25, -0.2) is 9.18 Å². The van der Waals surface area contributed by atoms with Crippen molar-refractivity contribution in [1.29, 1.82) is 0 Å². The summed E-state index contributed by atoms with van der Waals surface area (Å²) >= 11 is 12.5. The number of nitrogens with one attached hydrogen (secondary N) is 3. The van der Waals surface area contributed by atoms with Crippen molar-refractivity contribution in [1.82, 2.24) is 5.32 Å². The molecule has 2 aliphatic heterocycles. The van der Waals surface area contributed by atoms with Gasteiger partial charge in [0.1, 0.15) is 11.2 Å². The number of carboxylic acid groups (broad SMARTS) is 1. The van der Waals surface area contributed by atoms with E-state index >= 15 is 4.39 Å². The zero-order valence-corrected chi connectivity index (χ0v) is 23.5. The van der Waals surface area contributed by atoms with Crippen molar-refractivity contribution in [3.05, 3.63) is 93.2 Å². The van der Waals surface area contributed by atoms with E-state index in [-0.39, 0.29) is 33.2 Å². The van der Waals surface area contributed by atoms with Gasteiger partial charge in [-0.3, -0.25) is 9.59 Å². The summed E-state index contributed by atoms with van der Waals surface area (Å²) < 4.78 is 15.8. The van der Waals surface area contributed by atoms with Crippen molar-refractivity contribution < 1.29 is 23.9 Å². The van der Waals surface area contributed by atoms with Gasteiger partial charge in [-0.2, -0.15) is 0 Å². The Morgan fingerprint density at radius 2 is 1.80 bits per heavy atom. The zero-order valence-electron chi connectivity index (χ0n) is 22.0. The molecule has 0 aromatic heterocycles. The van der Waals surface area contributed by atoms with Crippen molar-refractivity contribution in [3.8, 4) is 0 Å². The smallest absolute Gasteiger partial charge is 0.335 e. The molecule has 1 spiro atoms. The fourth-order valence-electron chi connectivity index (χ4n) is 6.10. The molecule has 40 heavy (non-hydrogen) atoms. The van der Waals surface area contributed by atoms with Crippen LogP contribution in [0.1, 0.15) is 54.6 Å². The Kier molecular flexibility index (Phi) is 7.15. The van der Waals surface area contributed by atoms with Crippen LogP contribution in [0.25, 0.3) is 0 Å². The van der Waals surface area contributed by atoms with E-state index in [0.29, 0.717) is 22.7 Å². The quantitative estimate of drug-likeness (QED) is 0.285. The molecular weight excluding hydrogens is 556 g/mol.